The Kier molecular flexibility index (Phi) is 2.91. The standard InChI is InChI=1S/C9H11ClFNO/c1-9(12,5-13)6-2-3-7(10)8(11)4-6/h2-4,13H,5,12H2,1H3/t9-/m0/s1. The van der Waals surface area contributed by atoms with Crippen molar-refractivity contribution in [1.29, 1.82) is 0 Å². The van der Waals surface area contributed by atoms with Gasteiger partial charge in [0.25, 0.3) is 0 Å². The van der Waals surface area contributed by atoms with Crippen molar-refractivity contribution in [2.75, 3.05) is 6.61 Å². The number of halogens is 2. The van der Waals surface area contributed by atoms with Gasteiger partial charge in [-0.05, 0) is 24.6 Å². The van der Waals surface area contributed by atoms with Crippen molar-refractivity contribution >= 4 is 11.6 Å². The van der Waals surface area contributed by atoms with Crippen molar-refractivity contribution < 1.29 is 9.50 Å². The first-order chi connectivity index (χ1) is 5.97. The maximum absolute atomic E-state index is 13.0. The summed E-state index contributed by atoms with van der Waals surface area (Å²) in [6, 6.07) is 4.26. The van der Waals surface area contributed by atoms with Gasteiger partial charge < -0.3 is 10.8 Å². The topological polar surface area (TPSA) is 46.2 Å². The van der Waals surface area contributed by atoms with Crippen LogP contribution in [-0.2, 0) is 5.54 Å². The van der Waals surface area contributed by atoms with E-state index in [1.807, 2.05) is 0 Å². The van der Waals surface area contributed by atoms with Crippen LogP contribution in [0.3, 0.4) is 0 Å². The fourth-order valence-corrected chi connectivity index (χ4v) is 1.06. The lowest BCUT2D eigenvalue weighted by Crippen LogP contribution is -2.36. The Labute approximate surface area is 81.1 Å². The van der Waals surface area contributed by atoms with Crippen molar-refractivity contribution in [1.82, 2.24) is 0 Å². The van der Waals surface area contributed by atoms with Gasteiger partial charge in [-0.15, -0.1) is 0 Å². The summed E-state index contributed by atoms with van der Waals surface area (Å²) in [5, 5.41) is 8.98. The summed E-state index contributed by atoms with van der Waals surface area (Å²) < 4.78 is 13.0. The molecule has 1 atom stereocenters. The Balaban J connectivity index is 3.10. The van der Waals surface area contributed by atoms with E-state index < -0.39 is 11.4 Å². The largest absolute Gasteiger partial charge is 0.394 e. The van der Waals surface area contributed by atoms with E-state index in [0.29, 0.717) is 5.56 Å². The van der Waals surface area contributed by atoms with Crippen LogP contribution in [0.4, 0.5) is 4.39 Å². The second kappa shape index (κ2) is 3.62. The highest BCUT2D eigenvalue weighted by atomic mass is 35.5. The summed E-state index contributed by atoms with van der Waals surface area (Å²) in [6.07, 6.45) is 0. The Morgan fingerprint density at radius 3 is 2.69 bits per heavy atom. The molecule has 2 nitrogen and oxygen atoms in total. The quantitative estimate of drug-likeness (QED) is 0.768. The molecule has 0 saturated carbocycles. The first-order valence-electron chi connectivity index (χ1n) is 3.82. The molecule has 1 aromatic rings. The van der Waals surface area contributed by atoms with Crippen LogP contribution in [-0.4, -0.2) is 11.7 Å². The Morgan fingerprint density at radius 1 is 1.62 bits per heavy atom. The molecule has 13 heavy (non-hydrogen) atoms. The number of rotatable bonds is 2. The maximum atomic E-state index is 13.0. The normalized spacial score (nSPS) is 15.5. The lowest BCUT2D eigenvalue weighted by atomic mass is 9.94. The van der Waals surface area contributed by atoms with E-state index in [1.54, 1.807) is 13.0 Å². The van der Waals surface area contributed by atoms with Gasteiger partial charge in [0.15, 0.2) is 0 Å². The molecule has 1 aromatic carbocycles. The first kappa shape index (κ1) is 10.4. The zero-order valence-corrected chi connectivity index (χ0v) is 7.98. The zero-order chi connectivity index (χ0) is 10.1. The molecular weight excluding hydrogens is 193 g/mol. The Hall–Kier alpha value is -0.640. The predicted octanol–water partition coefficient (Wildman–Crippen LogP) is 1.65. The van der Waals surface area contributed by atoms with Gasteiger partial charge in [0.2, 0.25) is 0 Å². The van der Waals surface area contributed by atoms with Crippen molar-refractivity contribution in [3.8, 4) is 0 Å². The van der Waals surface area contributed by atoms with E-state index >= 15 is 0 Å². The zero-order valence-electron chi connectivity index (χ0n) is 7.22. The molecule has 0 aliphatic carbocycles. The molecule has 0 bridgehead atoms. The van der Waals surface area contributed by atoms with Crippen molar-refractivity contribution in [3.63, 3.8) is 0 Å². The number of nitrogens with two attached hydrogens (primary N) is 1. The van der Waals surface area contributed by atoms with Crippen LogP contribution in [0.5, 0.6) is 0 Å². The molecule has 0 saturated heterocycles. The van der Waals surface area contributed by atoms with E-state index in [4.69, 9.17) is 22.4 Å². The molecule has 0 fully saturated rings. The molecule has 0 unspecified atom stereocenters. The molecule has 0 spiro atoms. The third-order valence-corrected chi connectivity index (χ3v) is 2.21. The molecular formula is C9H11ClFNO. The van der Waals surface area contributed by atoms with E-state index in [-0.39, 0.29) is 11.6 Å². The third kappa shape index (κ3) is 2.18. The van der Waals surface area contributed by atoms with Gasteiger partial charge in [-0.25, -0.2) is 4.39 Å². The van der Waals surface area contributed by atoms with Crippen molar-refractivity contribution in [3.05, 3.63) is 34.6 Å². The van der Waals surface area contributed by atoms with Gasteiger partial charge in [0.05, 0.1) is 17.2 Å². The minimum atomic E-state index is -0.925. The summed E-state index contributed by atoms with van der Waals surface area (Å²) in [5.74, 6) is -0.524. The third-order valence-electron chi connectivity index (χ3n) is 1.91. The molecule has 0 aromatic heterocycles. The molecule has 0 heterocycles. The minimum absolute atomic E-state index is 0.0532. The number of aliphatic hydroxyl groups is 1. The summed E-state index contributed by atoms with van der Waals surface area (Å²) in [4.78, 5) is 0. The summed E-state index contributed by atoms with van der Waals surface area (Å²) >= 11 is 5.50. The van der Waals surface area contributed by atoms with Crippen LogP contribution in [0.15, 0.2) is 18.2 Å². The number of aliphatic hydroxyl groups excluding tert-OH is 1. The highest BCUT2D eigenvalue weighted by molar-refractivity contribution is 6.30. The molecule has 0 amide bonds. The average molecular weight is 204 g/mol. The lowest BCUT2D eigenvalue weighted by Gasteiger charge is -2.22. The van der Waals surface area contributed by atoms with E-state index in [2.05, 4.69) is 0 Å². The fraction of sp³-hybridized carbons (Fsp3) is 0.333. The highest BCUT2D eigenvalue weighted by Crippen LogP contribution is 2.22. The predicted molar refractivity (Wildman–Crippen MR) is 50.0 cm³/mol. The van der Waals surface area contributed by atoms with E-state index in [9.17, 15) is 4.39 Å². The van der Waals surface area contributed by atoms with Crippen LogP contribution in [0, 0.1) is 5.82 Å². The molecule has 3 N–H and O–H groups in total. The van der Waals surface area contributed by atoms with Crippen molar-refractivity contribution in [2.24, 2.45) is 5.73 Å². The van der Waals surface area contributed by atoms with Gasteiger partial charge >= 0.3 is 0 Å². The number of hydrogen-bond acceptors (Lipinski definition) is 2. The van der Waals surface area contributed by atoms with Crippen LogP contribution in [0.25, 0.3) is 0 Å². The number of hydrogen-bond donors (Lipinski definition) is 2. The fourth-order valence-electron chi connectivity index (χ4n) is 0.943. The maximum Gasteiger partial charge on any atom is 0.142 e. The molecule has 72 valence electrons. The second-order valence-corrected chi connectivity index (χ2v) is 3.61. The highest BCUT2D eigenvalue weighted by Gasteiger charge is 2.20. The molecule has 0 radical (unpaired) electrons. The van der Waals surface area contributed by atoms with Gasteiger partial charge in [-0.2, -0.15) is 0 Å². The molecule has 1 rings (SSSR count). The first-order valence-corrected chi connectivity index (χ1v) is 4.20. The van der Waals surface area contributed by atoms with E-state index in [1.165, 1.54) is 12.1 Å². The second-order valence-electron chi connectivity index (χ2n) is 3.20. The smallest absolute Gasteiger partial charge is 0.142 e. The lowest BCUT2D eigenvalue weighted by molar-refractivity contribution is 0.210. The van der Waals surface area contributed by atoms with Gasteiger partial charge in [-0.3, -0.25) is 0 Å². The van der Waals surface area contributed by atoms with Gasteiger partial charge in [0, 0.05) is 0 Å². The molecule has 4 heteroatoms. The summed E-state index contributed by atoms with van der Waals surface area (Å²) in [7, 11) is 0. The average Bonchev–Trinajstić information content (AvgIpc) is 2.09. The van der Waals surface area contributed by atoms with Crippen LogP contribution in [0.1, 0.15) is 12.5 Å². The SMILES string of the molecule is C[C@](N)(CO)c1ccc(Cl)c(F)c1. The monoisotopic (exact) mass is 203 g/mol. The van der Waals surface area contributed by atoms with Crippen LogP contribution >= 0.6 is 11.6 Å². The minimum Gasteiger partial charge on any atom is -0.394 e. The van der Waals surface area contributed by atoms with Gasteiger partial charge in [0.1, 0.15) is 5.82 Å². The Bertz CT molecular complexity index is 314. The Morgan fingerprint density at radius 2 is 2.23 bits per heavy atom. The summed E-state index contributed by atoms with van der Waals surface area (Å²) in [6.45, 7) is 1.38. The van der Waals surface area contributed by atoms with Crippen molar-refractivity contribution in [2.45, 2.75) is 12.5 Å². The van der Waals surface area contributed by atoms with Crippen LogP contribution < -0.4 is 5.73 Å². The molecule has 0 aliphatic rings. The summed E-state index contributed by atoms with van der Waals surface area (Å²) in [5.41, 5.74) is 5.30. The van der Waals surface area contributed by atoms with Crippen LogP contribution in [0.2, 0.25) is 5.02 Å². The number of benzene rings is 1. The van der Waals surface area contributed by atoms with E-state index in [0.717, 1.165) is 0 Å². The van der Waals surface area contributed by atoms with Gasteiger partial charge in [-0.1, -0.05) is 17.7 Å². The molecule has 0 aliphatic heterocycles.